The van der Waals surface area contributed by atoms with Gasteiger partial charge in [0.15, 0.2) is 0 Å². The summed E-state index contributed by atoms with van der Waals surface area (Å²) in [5.74, 6) is 0. The highest BCUT2D eigenvalue weighted by molar-refractivity contribution is 4.75. The molecule has 3 heteroatoms. The van der Waals surface area contributed by atoms with E-state index in [1.807, 2.05) is 6.92 Å². The highest BCUT2D eigenvalue weighted by Gasteiger charge is 2.25. The molecule has 0 aromatic heterocycles. The molecule has 0 aliphatic carbocycles. The zero-order valence-corrected chi connectivity index (χ0v) is 15.0. The maximum Gasteiger partial charge on any atom is 0.0605 e. The van der Waals surface area contributed by atoms with Crippen LogP contribution in [-0.2, 0) is 4.74 Å². The summed E-state index contributed by atoms with van der Waals surface area (Å²) in [6, 6.07) is 0. The summed E-state index contributed by atoms with van der Waals surface area (Å²) in [6.07, 6.45) is 4.02. The van der Waals surface area contributed by atoms with E-state index in [2.05, 4.69) is 48.5 Å². The van der Waals surface area contributed by atoms with E-state index >= 15 is 0 Å². The fourth-order valence-corrected chi connectivity index (χ4v) is 2.08. The second-order valence-corrected chi connectivity index (χ2v) is 7.60. The van der Waals surface area contributed by atoms with Gasteiger partial charge in [-0.2, -0.15) is 0 Å². The fourth-order valence-electron chi connectivity index (χ4n) is 2.08. The van der Waals surface area contributed by atoms with Crippen molar-refractivity contribution in [1.29, 1.82) is 0 Å². The zero-order valence-electron chi connectivity index (χ0n) is 15.0. The van der Waals surface area contributed by atoms with Crippen LogP contribution < -0.4 is 0 Å². The molecule has 0 spiro atoms. The molecule has 0 rings (SSSR count). The van der Waals surface area contributed by atoms with E-state index < -0.39 is 0 Å². The van der Waals surface area contributed by atoms with Gasteiger partial charge in [0, 0.05) is 5.41 Å². The van der Waals surface area contributed by atoms with Gasteiger partial charge in [0.1, 0.15) is 0 Å². The lowest BCUT2D eigenvalue weighted by molar-refractivity contribution is -0.102. The van der Waals surface area contributed by atoms with Crippen LogP contribution in [0.4, 0.5) is 0 Å². The molecular weight excluding hydrogens is 252 g/mol. The molecule has 0 unspecified atom stereocenters. The second-order valence-electron chi connectivity index (χ2n) is 7.60. The van der Waals surface area contributed by atoms with E-state index in [0.717, 1.165) is 25.7 Å². The number of ether oxygens (including phenoxy) is 1. The van der Waals surface area contributed by atoms with Gasteiger partial charge in [-0.15, -0.1) is 0 Å². The predicted octanol–water partition coefficient (Wildman–Crippen LogP) is 4.16. The van der Waals surface area contributed by atoms with E-state index in [-0.39, 0.29) is 29.8 Å². The normalized spacial score (nSPS) is 12.9. The van der Waals surface area contributed by atoms with Crippen molar-refractivity contribution in [2.45, 2.75) is 92.3 Å². The van der Waals surface area contributed by atoms with Crippen molar-refractivity contribution in [3.8, 4) is 0 Å². The largest absolute Gasteiger partial charge is 0.396 e. The monoisotopic (exact) mass is 290 g/mol. The molecule has 0 fully saturated rings. The Hall–Kier alpha value is -0.120. The molecule has 0 bridgehead atoms. The van der Waals surface area contributed by atoms with Crippen LogP contribution in [-0.4, -0.2) is 34.6 Å². The Morgan fingerprint density at radius 3 is 1.35 bits per heavy atom. The summed E-state index contributed by atoms with van der Waals surface area (Å²) >= 11 is 0. The van der Waals surface area contributed by atoms with Gasteiger partial charge in [0.05, 0.1) is 24.4 Å². The third-order valence-electron chi connectivity index (χ3n) is 3.09. The zero-order chi connectivity index (χ0) is 16.4. The summed E-state index contributed by atoms with van der Waals surface area (Å²) in [4.78, 5) is 0. The number of hydrogen-bond donors (Lipinski definition) is 2. The topological polar surface area (TPSA) is 49.7 Å². The molecule has 0 saturated heterocycles. The van der Waals surface area contributed by atoms with Gasteiger partial charge in [-0.25, -0.2) is 0 Å². The summed E-state index contributed by atoms with van der Waals surface area (Å²) < 4.78 is 5.62. The maximum absolute atomic E-state index is 9.04. The average Bonchev–Trinajstić information content (AvgIpc) is 2.28. The Kier molecular flexibility index (Phi) is 10.8. The van der Waals surface area contributed by atoms with E-state index in [4.69, 9.17) is 14.9 Å². The van der Waals surface area contributed by atoms with Crippen molar-refractivity contribution in [3.05, 3.63) is 0 Å². The molecule has 0 radical (unpaired) electrons. The number of rotatable bonds is 6. The van der Waals surface area contributed by atoms with Crippen molar-refractivity contribution in [1.82, 2.24) is 0 Å². The molecule has 0 saturated carbocycles. The molecule has 3 nitrogen and oxygen atoms in total. The van der Waals surface area contributed by atoms with Gasteiger partial charge < -0.3 is 14.9 Å². The SMILES string of the molecule is CC(C)(C)OC(C)(C)C.CCCCC(CC)(CO)CO. The lowest BCUT2D eigenvalue weighted by Crippen LogP contribution is -2.31. The first-order valence-corrected chi connectivity index (χ1v) is 7.87. The van der Waals surface area contributed by atoms with Gasteiger partial charge in [0.2, 0.25) is 0 Å². The Morgan fingerprint density at radius 2 is 1.20 bits per heavy atom. The molecule has 0 aromatic rings. The van der Waals surface area contributed by atoms with Crippen LogP contribution in [0.3, 0.4) is 0 Å². The molecule has 124 valence electrons. The first-order valence-electron chi connectivity index (χ1n) is 7.87. The van der Waals surface area contributed by atoms with Gasteiger partial charge in [-0.3, -0.25) is 0 Å². The number of hydrogen-bond acceptors (Lipinski definition) is 3. The Bertz CT molecular complexity index is 199. The standard InChI is InChI=1S/C9H20O2.C8H18O/c1-3-5-6-9(4-2,7-10)8-11;1-7(2,3)9-8(4,5)6/h10-11H,3-8H2,1-2H3;1-6H3. The van der Waals surface area contributed by atoms with Crippen LogP contribution >= 0.6 is 0 Å². The minimum Gasteiger partial charge on any atom is -0.396 e. The summed E-state index contributed by atoms with van der Waals surface area (Å²) in [7, 11) is 0. The van der Waals surface area contributed by atoms with E-state index in [9.17, 15) is 0 Å². The quantitative estimate of drug-likeness (QED) is 0.772. The lowest BCUT2D eigenvalue weighted by atomic mass is 9.82. The van der Waals surface area contributed by atoms with Gasteiger partial charge in [0.25, 0.3) is 0 Å². The molecule has 0 heterocycles. The van der Waals surface area contributed by atoms with E-state index in [1.165, 1.54) is 0 Å². The minimum absolute atomic E-state index is 0.0156. The lowest BCUT2D eigenvalue weighted by Gasteiger charge is -2.30. The summed E-state index contributed by atoms with van der Waals surface area (Å²) in [6.45, 7) is 16.8. The van der Waals surface area contributed by atoms with Crippen molar-refractivity contribution in [2.24, 2.45) is 5.41 Å². The molecule has 0 aliphatic rings. The fraction of sp³-hybridized carbons (Fsp3) is 1.00. The van der Waals surface area contributed by atoms with Crippen LogP contribution in [0.2, 0.25) is 0 Å². The molecule has 0 aromatic carbocycles. The van der Waals surface area contributed by atoms with Crippen LogP contribution in [0.25, 0.3) is 0 Å². The van der Waals surface area contributed by atoms with Crippen molar-refractivity contribution in [2.75, 3.05) is 13.2 Å². The van der Waals surface area contributed by atoms with E-state index in [1.54, 1.807) is 0 Å². The third kappa shape index (κ3) is 12.9. The van der Waals surface area contributed by atoms with Crippen LogP contribution in [0.5, 0.6) is 0 Å². The summed E-state index contributed by atoms with van der Waals surface area (Å²) in [5.41, 5.74) is -0.244. The number of unbranched alkanes of at least 4 members (excludes halogenated alkanes) is 1. The van der Waals surface area contributed by atoms with Gasteiger partial charge >= 0.3 is 0 Å². The Balaban J connectivity index is 0. The molecule has 0 aliphatic heterocycles. The van der Waals surface area contributed by atoms with Crippen LogP contribution in [0, 0.1) is 5.41 Å². The molecule has 2 N–H and O–H groups in total. The highest BCUT2D eigenvalue weighted by atomic mass is 16.5. The average molecular weight is 290 g/mol. The number of aliphatic hydroxyl groups excluding tert-OH is 2. The minimum atomic E-state index is -0.212. The molecule has 0 atom stereocenters. The highest BCUT2D eigenvalue weighted by Crippen LogP contribution is 2.27. The predicted molar refractivity (Wildman–Crippen MR) is 87.0 cm³/mol. The van der Waals surface area contributed by atoms with Gasteiger partial charge in [-0.1, -0.05) is 26.7 Å². The molecule has 0 amide bonds. The maximum atomic E-state index is 9.04. The van der Waals surface area contributed by atoms with E-state index in [0.29, 0.717) is 0 Å². The number of aliphatic hydroxyl groups is 2. The van der Waals surface area contributed by atoms with Crippen LogP contribution in [0.15, 0.2) is 0 Å². The Labute approximate surface area is 126 Å². The van der Waals surface area contributed by atoms with Crippen molar-refractivity contribution >= 4 is 0 Å². The first kappa shape index (κ1) is 22.2. The summed E-state index contributed by atoms with van der Waals surface area (Å²) in [5, 5.41) is 18.1. The molecular formula is C17H38O3. The van der Waals surface area contributed by atoms with Crippen molar-refractivity contribution in [3.63, 3.8) is 0 Å². The van der Waals surface area contributed by atoms with Gasteiger partial charge in [-0.05, 0) is 54.4 Å². The van der Waals surface area contributed by atoms with Crippen molar-refractivity contribution < 1.29 is 14.9 Å². The smallest absolute Gasteiger partial charge is 0.0605 e. The van der Waals surface area contributed by atoms with Crippen LogP contribution in [0.1, 0.15) is 81.1 Å². The molecule has 20 heavy (non-hydrogen) atoms. The first-order chi connectivity index (χ1) is 8.95. The Morgan fingerprint density at radius 1 is 0.800 bits per heavy atom. The second kappa shape index (κ2) is 9.75. The third-order valence-corrected chi connectivity index (χ3v) is 3.09.